The van der Waals surface area contributed by atoms with Gasteiger partial charge in [-0.15, -0.1) is 0 Å². The fraction of sp³-hybridized carbons (Fsp3) is 0.481. The smallest absolute Gasteiger partial charge is 0.308 e. The molecule has 4 heteroatoms. The fourth-order valence-electron chi connectivity index (χ4n) is 6.04. The van der Waals surface area contributed by atoms with Gasteiger partial charge in [0.1, 0.15) is 0 Å². The van der Waals surface area contributed by atoms with E-state index in [1.807, 2.05) is 12.1 Å². The van der Waals surface area contributed by atoms with Gasteiger partial charge in [0.2, 0.25) is 0 Å². The number of rotatable bonds is 2. The molecular weight excluding hydrogens is 388 g/mol. The minimum atomic E-state index is -0.433. The molecule has 4 rings (SSSR count). The average Bonchev–Trinajstić information content (AvgIpc) is 2.95. The molecule has 1 spiro atoms. The molecule has 0 aromatic heterocycles. The first-order valence-corrected chi connectivity index (χ1v) is 10.9. The van der Waals surface area contributed by atoms with Crippen molar-refractivity contribution < 1.29 is 19.1 Å². The lowest BCUT2D eigenvalue weighted by Crippen LogP contribution is -2.27. The highest BCUT2D eigenvalue weighted by Gasteiger charge is 2.56. The van der Waals surface area contributed by atoms with Crippen LogP contribution in [0.4, 0.5) is 0 Å². The minimum Gasteiger partial charge on any atom is -0.423 e. The largest absolute Gasteiger partial charge is 0.423 e. The topological polar surface area (TPSA) is 52.6 Å². The highest BCUT2D eigenvalue weighted by atomic mass is 16.6. The van der Waals surface area contributed by atoms with E-state index in [-0.39, 0.29) is 16.2 Å². The van der Waals surface area contributed by atoms with E-state index in [0.29, 0.717) is 11.5 Å². The van der Waals surface area contributed by atoms with Crippen LogP contribution >= 0.6 is 0 Å². The van der Waals surface area contributed by atoms with Crippen molar-refractivity contribution in [1.82, 2.24) is 0 Å². The van der Waals surface area contributed by atoms with Crippen molar-refractivity contribution in [2.45, 2.75) is 84.5 Å². The molecule has 164 valence electrons. The van der Waals surface area contributed by atoms with Crippen molar-refractivity contribution in [3.63, 3.8) is 0 Å². The minimum absolute atomic E-state index is 0.0294. The number of hydrogen-bond donors (Lipinski definition) is 0. The molecule has 2 aromatic rings. The molecule has 0 aliphatic heterocycles. The molecule has 0 saturated carbocycles. The number of carbonyl (C=O) groups excluding carboxylic acids is 2. The molecule has 1 atom stereocenters. The highest BCUT2D eigenvalue weighted by Crippen LogP contribution is 2.64. The molecule has 2 aliphatic rings. The monoisotopic (exact) mass is 420 g/mol. The number of ether oxygens (including phenoxy) is 2. The third kappa shape index (κ3) is 3.28. The molecule has 1 unspecified atom stereocenters. The summed E-state index contributed by atoms with van der Waals surface area (Å²) in [5.74, 6) is -0.242. The van der Waals surface area contributed by atoms with E-state index in [4.69, 9.17) is 9.47 Å². The normalized spacial score (nSPS) is 22.2. The SMILES string of the molecule is CC(=O)Oc1cc2c(cc1OC(C)=O)C1(CC(C)(C)c3cc(C)c(C)cc31)CC2(C)C. The van der Waals surface area contributed by atoms with Crippen LogP contribution < -0.4 is 9.47 Å². The van der Waals surface area contributed by atoms with Crippen LogP contribution in [0, 0.1) is 13.8 Å². The summed E-state index contributed by atoms with van der Waals surface area (Å²) in [5.41, 5.74) is 7.46. The van der Waals surface area contributed by atoms with Gasteiger partial charge in [0, 0.05) is 19.3 Å². The number of esters is 2. The quantitative estimate of drug-likeness (QED) is 0.455. The van der Waals surface area contributed by atoms with Crippen molar-refractivity contribution in [3.8, 4) is 11.5 Å². The van der Waals surface area contributed by atoms with E-state index < -0.39 is 11.9 Å². The van der Waals surface area contributed by atoms with Crippen molar-refractivity contribution >= 4 is 11.9 Å². The van der Waals surface area contributed by atoms with E-state index in [0.717, 1.165) is 18.4 Å². The van der Waals surface area contributed by atoms with Gasteiger partial charge in [-0.25, -0.2) is 0 Å². The molecule has 0 amide bonds. The van der Waals surface area contributed by atoms with Crippen molar-refractivity contribution in [2.24, 2.45) is 0 Å². The standard InChI is InChI=1S/C27H32O4/c1-15-9-19-21(10-16(15)2)27(13-25(19,5)6)14-26(7,8)20-11-23(30-17(3)28)24(12-22(20)27)31-18(4)29/h9-12H,13-14H2,1-8H3. The lowest BCUT2D eigenvalue weighted by Gasteiger charge is -2.31. The summed E-state index contributed by atoms with van der Waals surface area (Å²) in [6.45, 7) is 16.2. The predicted molar refractivity (Wildman–Crippen MR) is 121 cm³/mol. The maximum atomic E-state index is 11.8. The first-order valence-electron chi connectivity index (χ1n) is 10.9. The lowest BCUT2D eigenvalue weighted by atomic mass is 9.72. The fourth-order valence-corrected chi connectivity index (χ4v) is 6.04. The van der Waals surface area contributed by atoms with Crippen LogP contribution in [-0.2, 0) is 25.8 Å². The van der Waals surface area contributed by atoms with Gasteiger partial charge in [-0.1, -0.05) is 39.8 Å². The summed E-state index contributed by atoms with van der Waals surface area (Å²) in [5, 5.41) is 0. The Bertz CT molecular complexity index is 1120. The van der Waals surface area contributed by atoms with Crippen LogP contribution in [0.15, 0.2) is 24.3 Å². The molecule has 2 aromatic carbocycles. The van der Waals surface area contributed by atoms with Gasteiger partial charge in [0.25, 0.3) is 0 Å². The number of fused-ring (bicyclic) bond motifs is 4. The maximum Gasteiger partial charge on any atom is 0.308 e. The Balaban J connectivity index is 2.02. The van der Waals surface area contributed by atoms with Gasteiger partial charge in [0.05, 0.1) is 0 Å². The number of aryl methyl sites for hydroxylation is 2. The van der Waals surface area contributed by atoms with Crippen LogP contribution in [0.25, 0.3) is 0 Å². The summed E-state index contributed by atoms with van der Waals surface area (Å²) in [6, 6.07) is 8.57. The van der Waals surface area contributed by atoms with Crippen LogP contribution in [0.2, 0.25) is 0 Å². The zero-order valence-corrected chi connectivity index (χ0v) is 19.9. The summed E-state index contributed by atoms with van der Waals surface area (Å²) in [7, 11) is 0. The Hall–Kier alpha value is -2.62. The van der Waals surface area contributed by atoms with Gasteiger partial charge >= 0.3 is 11.9 Å². The number of carbonyl (C=O) groups is 2. The first-order chi connectivity index (χ1) is 14.3. The molecule has 31 heavy (non-hydrogen) atoms. The van der Waals surface area contributed by atoms with Gasteiger partial charge in [-0.05, 0) is 83.0 Å². The molecule has 0 radical (unpaired) electrons. The van der Waals surface area contributed by atoms with E-state index in [9.17, 15) is 9.59 Å². The number of hydrogen-bond acceptors (Lipinski definition) is 4. The Morgan fingerprint density at radius 3 is 1.48 bits per heavy atom. The summed E-state index contributed by atoms with van der Waals surface area (Å²) < 4.78 is 11.0. The van der Waals surface area contributed by atoms with Crippen molar-refractivity contribution in [3.05, 3.63) is 57.6 Å². The maximum absolute atomic E-state index is 11.8. The molecular formula is C27H32O4. The van der Waals surface area contributed by atoms with E-state index in [1.54, 1.807) is 0 Å². The predicted octanol–water partition coefficient (Wildman–Crippen LogP) is 5.80. The molecule has 0 saturated heterocycles. The zero-order valence-electron chi connectivity index (χ0n) is 19.9. The second kappa shape index (κ2) is 6.69. The van der Waals surface area contributed by atoms with Crippen LogP contribution in [0.5, 0.6) is 11.5 Å². The Kier molecular flexibility index (Phi) is 4.66. The van der Waals surface area contributed by atoms with Crippen LogP contribution in [0.3, 0.4) is 0 Å². The average molecular weight is 421 g/mol. The number of benzene rings is 2. The first kappa shape index (κ1) is 21.6. The summed E-state index contributed by atoms with van der Waals surface area (Å²) in [4.78, 5) is 23.5. The van der Waals surface area contributed by atoms with Crippen LogP contribution in [-0.4, -0.2) is 11.9 Å². The second-order valence-electron chi connectivity index (χ2n) is 10.7. The van der Waals surface area contributed by atoms with Gasteiger partial charge in [0.15, 0.2) is 11.5 Å². The third-order valence-corrected chi connectivity index (χ3v) is 7.20. The van der Waals surface area contributed by atoms with E-state index in [2.05, 4.69) is 53.7 Å². The molecule has 4 nitrogen and oxygen atoms in total. The Morgan fingerprint density at radius 2 is 1.03 bits per heavy atom. The van der Waals surface area contributed by atoms with Gasteiger partial charge in [-0.3, -0.25) is 9.59 Å². The van der Waals surface area contributed by atoms with E-state index >= 15 is 0 Å². The summed E-state index contributed by atoms with van der Waals surface area (Å²) in [6.07, 6.45) is 1.94. The Morgan fingerprint density at radius 1 is 0.677 bits per heavy atom. The zero-order chi connectivity index (χ0) is 22.9. The van der Waals surface area contributed by atoms with Gasteiger partial charge < -0.3 is 9.47 Å². The lowest BCUT2D eigenvalue weighted by molar-refractivity contribution is -0.134. The Labute approximate surface area is 185 Å². The molecule has 0 heterocycles. The van der Waals surface area contributed by atoms with Crippen molar-refractivity contribution in [1.29, 1.82) is 0 Å². The molecule has 0 N–H and O–H groups in total. The molecule has 0 bridgehead atoms. The highest BCUT2D eigenvalue weighted by molar-refractivity contribution is 5.75. The third-order valence-electron chi connectivity index (χ3n) is 7.20. The van der Waals surface area contributed by atoms with Crippen molar-refractivity contribution in [2.75, 3.05) is 0 Å². The molecule has 0 fully saturated rings. The summed E-state index contributed by atoms with van der Waals surface area (Å²) >= 11 is 0. The van der Waals surface area contributed by atoms with Gasteiger partial charge in [-0.2, -0.15) is 0 Å². The van der Waals surface area contributed by atoms with E-state index in [1.165, 1.54) is 41.7 Å². The second-order valence-corrected chi connectivity index (χ2v) is 10.7. The van der Waals surface area contributed by atoms with Crippen LogP contribution in [0.1, 0.15) is 87.8 Å². The molecule has 2 aliphatic carbocycles.